The molecule has 0 atom stereocenters. The quantitative estimate of drug-likeness (QED) is 0.559. The predicted octanol–water partition coefficient (Wildman–Crippen LogP) is 0.827. The molecule has 0 saturated carbocycles. The highest BCUT2D eigenvalue weighted by atomic mass is 32.2. The van der Waals surface area contributed by atoms with Crippen LogP contribution in [0.1, 0.15) is 6.42 Å². The van der Waals surface area contributed by atoms with Crippen LogP contribution in [0.5, 0.6) is 0 Å². The van der Waals surface area contributed by atoms with Crippen LogP contribution in [-0.2, 0) is 0 Å². The normalized spacial score (nSPS) is 26.5. The molecule has 0 spiro atoms. The lowest BCUT2D eigenvalue weighted by Crippen LogP contribution is -2.30. The molecule has 2 nitrogen and oxygen atoms in total. The van der Waals surface area contributed by atoms with E-state index in [9.17, 15) is 0 Å². The predicted molar refractivity (Wildman–Crippen MR) is 44.7 cm³/mol. The zero-order valence-electron chi connectivity index (χ0n) is 6.18. The number of nitrogens with zero attached hydrogens (tertiary/aromatic N) is 1. The van der Waals surface area contributed by atoms with Crippen LogP contribution in [-0.4, -0.2) is 30.9 Å². The minimum Gasteiger partial charge on any atom is -0.377 e. The van der Waals surface area contributed by atoms with Gasteiger partial charge in [-0.05, 0) is 13.5 Å². The zero-order chi connectivity index (χ0) is 6.97. The van der Waals surface area contributed by atoms with Gasteiger partial charge in [0, 0.05) is 23.7 Å². The Kier molecular flexibility index (Phi) is 1.62. The molecular formula is C7H12N2S. The van der Waals surface area contributed by atoms with Crippen molar-refractivity contribution < 1.29 is 0 Å². The number of likely N-dealkylation sites (N-methyl/N-ethyl adjacent to an activating group) is 1. The van der Waals surface area contributed by atoms with Crippen molar-refractivity contribution in [3.63, 3.8) is 0 Å². The first kappa shape index (κ1) is 6.55. The SMILES string of the molecule is CN1CCC2=C(C1)NCS2. The number of rotatable bonds is 0. The third-order valence-electron chi connectivity index (χ3n) is 2.02. The summed E-state index contributed by atoms with van der Waals surface area (Å²) in [6.45, 7) is 2.36. The molecule has 2 aliphatic heterocycles. The van der Waals surface area contributed by atoms with Gasteiger partial charge in [-0.3, -0.25) is 0 Å². The van der Waals surface area contributed by atoms with Crippen LogP contribution < -0.4 is 5.32 Å². The zero-order valence-corrected chi connectivity index (χ0v) is 7.00. The molecule has 2 heterocycles. The standard InChI is InChI=1S/C7H12N2S/c1-9-3-2-7-6(4-9)8-5-10-7/h8H,2-5H2,1H3. The van der Waals surface area contributed by atoms with Crippen molar-refractivity contribution in [3.8, 4) is 0 Å². The maximum absolute atomic E-state index is 3.39. The van der Waals surface area contributed by atoms with E-state index in [1.54, 1.807) is 4.91 Å². The fourth-order valence-corrected chi connectivity index (χ4v) is 2.37. The summed E-state index contributed by atoms with van der Waals surface area (Å²) in [5, 5.41) is 3.39. The molecule has 0 aromatic carbocycles. The fourth-order valence-electron chi connectivity index (χ4n) is 1.40. The summed E-state index contributed by atoms with van der Waals surface area (Å²) in [6, 6.07) is 0. The summed E-state index contributed by atoms with van der Waals surface area (Å²) in [5.41, 5.74) is 1.47. The third kappa shape index (κ3) is 1.04. The average molecular weight is 156 g/mol. The van der Waals surface area contributed by atoms with Crippen molar-refractivity contribution in [1.82, 2.24) is 10.2 Å². The Morgan fingerprint density at radius 3 is 3.40 bits per heavy atom. The van der Waals surface area contributed by atoms with Gasteiger partial charge >= 0.3 is 0 Å². The maximum atomic E-state index is 3.39. The van der Waals surface area contributed by atoms with Gasteiger partial charge < -0.3 is 10.2 Å². The minimum atomic E-state index is 1.10. The molecule has 0 saturated heterocycles. The highest BCUT2D eigenvalue weighted by molar-refractivity contribution is 8.03. The van der Waals surface area contributed by atoms with E-state index in [2.05, 4.69) is 17.3 Å². The van der Waals surface area contributed by atoms with E-state index in [0.29, 0.717) is 0 Å². The molecule has 0 aliphatic carbocycles. The maximum Gasteiger partial charge on any atom is 0.0652 e. The van der Waals surface area contributed by atoms with Crippen LogP contribution in [0.25, 0.3) is 0 Å². The molecule has 2 rings (SSSR count). The number of hydrogen-bond donors (Lipinski definition) is 1. The summed E-state index contributed by atoms with van der Waals surface area (Å²) in [6.07, 6.45) is 1.25. The van der Waals surface area contributed by atoms with Gasteiger partial charge in [0.25, 0.3) is 0 Å². The van der Waals surface area contributed by atoms with E-state index >= 15 is 0 Å². The van der Waals surface area contributed by atoms with Crippen molar-refractivity contribution in [1.29, 1.82) is 0 Å². The monoisotopic (exact) mass is 156 g/mol. The van der Waals surface area contributed by atoms with Gasteiger partial charge in [0.05, 0.1) is 5.88 Å². The van der Waals surface area contributed by atoms with Gasteiger partial charge in [-0.2, -0.15) is 0 Å². The van der Waals surface area contributed by atoms with Crippen LogP contribution >= 0.6 is 11.8 Å². The second kappa shape index (κ2) is 2.47. The molecule has 0 amide bonds. The Balaban J connectivity index is 2.13. The van der Waals surface area contributed by atoms with Crippen LogP contribution in [0, 0.1) is 0 Å². The summed E-state index contributed by atoms with van der Waals surface area (Å²) >= 11 is 1.97. The highest BCUT2D eigenvalue weighted by Crippen LogP contribution is 2.30. The van der Waals surface area contributed by atoms with E-state index in [0.717, 1.165) is 12.4 Å². The second-order valence-electron chi connectivity index (χ2n) is 2.85. The highest BCUT2D eigenvalue weighted by Gasteiger charge is 2.20. The van der Waals surface area contributed by atoms with Gasteiger partial charge in [0.2, 0.25) is 0 Å². The smallest absolute Gasteiger partial charge is 0.0652 e. The summed E-state index contributed by atoms with van der Waals surface area (Å²) < 4.78 is 0. The van der Waals surface area contributed by atoms with Gasteiger partial charge in [-0.1, -0.05) is 0 Å². The lowest BCUT2D eigenvalue weighted by Gasteiger charge is -2.22. The van der Waals surface area contributed by atoms with Crippen molar-refractivity contribution in [2.75, 3.05) is 26.0 Å². The molecule has 10 heavy (non-hydrogen) atoms. The van der Waals surface area contributed by atoms with Crippen LogP contribution in [0.2, 0.25) is 0 Å². The molecule has 0 fully saturated rings. The van der Waals surface area contributed by atoms with Gasteiger partial charge in [0.15, 0.2) is 0 Å². The Morgan fingerprint density at radius 2 is 2.50 bits per heavy atom. The van der Waals surface area contributed by atoms with E-state index in [1.165, 1.54) is 18.7 Å². The molecule has 3 heteroatoms. The molecule has 0 unspecified atom stereocenters. The van der Waals surface area contributed by atoms with E-state index < -0.39 is 0 Å². The molecular weight excluding hydrogens is 144 g/mol. The lowest BCUT2D eigenvalue weighted by atomic mass is 10.2. The topological polar surface area (TPSA) is 15.3 Å². The van der Waals surface area contributed by atoms with E-state index in [-0.39, 0.29) is 0 Å². The third-order valence-corrected chi connectivity index (χ3v) is 3.10. The van der Waals surface area contributed by atoms with Crippen LogP contribution in [0.3, 0.4) is 0 Å². The molecule has 0 aromatic heterocycles. The summed E-state index contributed by atoms with van der Waals surface area (Å²) in [4.78, 5) is 3.95. The first-order chi connectivity index (χ1) is 4.86. The number of nitrogens with one attached hydrogen (secondary N) is 1. The molecule has 2 aliphatic rings. The van der Waals surface area contributed by atoms with Gasteiger partial charge in [-0.25, -0.2) is 0 Å². The average Bonchev–Trinajstić information content (AvgIpc) is 2.33. The van der Waals surface area contributed by atoms with Crippen molar-refractivity contribution in [2.24, 2.45) is 0 Å². The lowest BCUT2D eigenvalue weighted by molar-refractivity contribution is 0.347. The summed E-state index contributed by atoms with van der Waals surface area (Å²) in [5.74, 6) is 1.10. The second-order valence-corrected chi connectivity index (χ2v) is 3.93. The van der Waals surface area contributed by atoms with Crippen molar-refractivity contribution in [3.05, 3.63) is 10.6 Å². The molecule has 1 N–H and O–H groups in total. The van der Waals surface area contributed by atoms with Crippen LogP contribution in [0.4, 0.5) is 0 Å². The Morgan fingerprint density at radius 1 is 1.60 bits per heavy atom. The Bertz CT molecular complexity index is 176. The van der Waals surface area contributed by atoms with Crippen molar-refractivity contribution in [2.45, 2.75) is 6.42 Å². The fraction of sp³-hybridized carbons (Fsp3) is 0.714. The summed E-state index contributed by atoms with van der Waals surface area (Å²) in [7, 11) is 2.18. The van der Waals surface area contributed by atoms with Crippen LogP contribution in [0.15, 0.2) is 10.6 Å². The van der Waals surface area contributed by atoms with E-state index in [1.807, 2.05) is 11.8 Å². The minimum absolute atomic E-state index is 1.10. The van der Waals surface area contributed by atoms with Gasteiger partial charge in [-0.15, -0.1) is 11.8 Å². The Labute approximate surface area is 65.7 Å². The first-order valence-corrected chi connectivity index (χ1v) is 4.62. The first-order valence-electron chi connectivity index (χ1n) is 3.63. The molecule has 56 valence electrons. The molecule has 0 aromatic rings. The van der Waals surface area contributed by atoms with Gasteiger partial charge in [0.1, 0.15) is 0 Å². The largest absolute Gasteiger partial charge is 0.377 e. The number of hydrogen-bond acceptors (Lipinski definition) is 3. The number of thioether (sulfide) groups is 1. The van der Waals surface area contributed by atoms with E-state index in [4.69, 9.17) is 0 Å². The Hall–Kier alpha value is -0.150. The molecule has 0 bridgehead atoms. The van der Waals surface area contributed by atoms with Crippen molar-refractivity contribution >= 4 is 11.8 Å². The molecule has 0 radical (unpaired) electrons.